The Balaban J connectivity index is 1.13. The smallest absolute Gasteiger partial charge is 0.164 e. The van der Waals surface area contributed by atoms with E-state index in [9.17, 15) is 0 Å². The molecule has 0 radical (unpaired) electrons. The number of benzene rings is 7. The maximum atomic E-state index is 6.25. The van der Waals surface area contributed by atoms with Gasteiger partial charge in [0.25, 0.3) is 0 Å². The molecule has 11 rings (SSSR count). The van der Waals surface area contributed by atoms with Crippen molar-refractivity contribution in [1.82, 2.24) is 24.5 Å². The molecule has 11 aromatic rings. The average Bonchev–Trinajstić information content (AvgIpc) is 3.76. The van der Waals surface area contributed by atoms with E-state index < -0.39 is 0 Å². The maximum absolute atomic E-state index is 6.25. The predicted octanol–water partition coefficient (Wildman–Crippen LogP) is 11.6. The van der Waals surface area contributed by atoms with Crippen LogP contribution in [0.1, 0.15) is 0 Å². The van der Waals surface area contributed by atoms with Crippen molar-refractivity contribution in [2.75, 3.05) is 0 Å². The molecule has 0 bridgehead atoms. The second kappa shape index (κ2) is 11.2. The van der Waals surface area contributed by atoms with Crippen LogP contribution >= 0.6 is 0 Å². The fourth-order valence-electron chi connectivity index (χ4n) is 7.65. The van der Waals surface area contributed by atoms with Crippen molar-refractivity contribution in [3.05, 3.63) is 164 Å². The standard InChI is InChI=1S/C46H27N5O/c1-2-11-34-28(8-1)16-17-29-18-19-31(25-38(29)34)45-48-44(49-46(50-45)32-20-21-37-39-27-47-23-22-42(39)52-43(37)26-32)30-9-7-10-33(24-30)51-40-14-5-3-12-35(40)36-13-4-6-15-41(36)51/h1-27H. The van der Waals surface area contributed by atoms with Gasteiger partial charge in [-0.25, -0.2) is 15.0 Å². The van der Waals surface area contributed by atoms with E-state index >= 15 is 0 Å². The summed E-state index contributed by atoms with van der Waals surface area (Å²) >= 11 is 0. The zero-order chi connectivity index (χ0) is 34.2. The van der Waals surface area contributed by atoms with Crippen molar-refractivity contribution in [3.63, 3.8) is 0 Å². The highest BCUT2D eigenvalue weighted by atomic mass is 16.3. The lowest BCUT2D eigenvalue weighted by molar-refractivity contribution is 0.668. The molecule has 52 heavy (non-hydrogen) atoms. The Morgan fingerprint density at radius 1 is 0.404 bits per heavy atom. The Morgan fingerprint density at radius 2 is 1.02 bits per heavy atom. The van der Waals surface area contributed by atoms with Crippen LogP contribution < -0.4 is 0 Å². The molecule has 0 N–H and O–H groups in total. The lowest BCUT2D eigenvalue weighted by Crippen LogP contribution is -2.01. The van der Waals surface area contributed by atoms with Crippen LogP contribution in [-0.4, -0.2) is 24.5 Å². The van der Waals surface area contributed by atoms with Crippen LogP contribution in [0.15, 0.2) is 168 Å². The van der Waals surface area contributed by atoms with Crippen molar-refractivity contribution in [2.45, 2.75) is 0 Å². The lowest BCUT2D eigenvalue weighted by atomic mass is 10.00. The largest absolute Gasteiger partial charge is 0.456 e. The lowest BCUT2D eigenvalue weighted by Gasteiger charge is -2.12. The summed E-state index contributed by atoms with van der Waals surface area (Å²) in [5.41, 5.74) is 7.54. The molecule has 4 heterocycles. The van der Waals surface area contributed by atoms with Crippen LogP contribution in [0.2, 0.25) is 0 Å². The van der Waals surface area contributed by atoms with E-state index in [0.717, 1.165) is 60.7 Å². The van der Waals surface area contributed by atoms with Gasteiger partial charge in [0.05, 0.1) is 11.0 Å². The number of fused-ring (bicyclic) bond motifs is 9. The van der Waals surface area contributed by atoms with E-state index in [1.807, 2.05) is 18.3 Å². The van der Waals surface area contributed by atoms with Gasteiger partial charge in [-0.3, -0.25) is 4.98 Å². The summed E-state index contributed by atoms with van der Waals surface area (Å²) in [6.45, 7) is 0. The third kappa shape index (κ3) is 4.44. The van der Waals surface area contributed by atoms with Gasteiger partial charge in [-0.2, -0.15) is 0 Å². The van der Waals surface area contributed by atoms with E-state index in [0.29, 0.717) is 17.5 Å². The van der Waals surface area contributed by atoms with Gasteiger partial charge in [-0.05, 0) is 70.1 Å². The van der Waals surface area contributed by atoms with E-state index in [-0.39, 0.29) is 0 Å². The number of furan rings is 1. The maximum Gasteiger partial charge on any atom is 0.164 e. The van der Waals surface area contributed by atoms with Crippen molar-refractivity contribution in [3.8, 4) is 39.9 Å². The van der Waals surface area contributed by atoms with E-state index in [1.54, 1.807) is 6.20 Å². The number of nitrogens with zero attached hydrogens (tertiary/aromatic N) is 5. The SMILES string of the molecule is c1cc(-c2nc(-c3ccc4c(c3)oc3ccncc34)nc(-c3ccc4ccc5ccccc5c4c3)n2)cc(-n2c3ccccc3c3ccccc32)c1. The molecule has 242 valence electrons. The molecular formula is C46H27N5O. The van der Waals surface area contributed by atoms with Crippen molar-refractivity contribution < 1.29 is 4.42 Å². The molecule has 0 spiro atoms. The minimum Gasteiger partial charge on any atom is -0.456 e. The quantitative estimate of drug-likeness (QED) is 0.175. The molecule has 0 saturated carbocycles. The molecule has 4 aromatic heterocycles. The average molecular weight is 666 g/mol. The first kappa shape index (κ1) is 28.6. The number of hydrogen-bond acceptors (Lipinski definition) is 5. The van der Waals surface area contributed by atoms with Gasteiger partial charge in [0.2, 0.25) is 0 Å². The van der Waals surface area contributed by atoms with Crippen molar-refractivity contribution in [2.24, 2.45) is 0 Å². The van der Waals surface area contributed by atoms with E-state index in [4.69, 9.17) is 19.4 Å². The Hall–Kier alpha value is -7.18. The molecule has 0 aliphatic carbocycles. The molecule has 0 unspecified atom stereocenters. The number of pyridine rings is 1. The minimum atomic E-state index is 0.570. The highest BCUT2D eigenvalue weighted by molar-refractivity contribution is 6.10. The molecule has 7 aromatic carbocycles. The second-order valence-corrected chi connectivity index (χ2v) is 13.1. The summed E-state index contributed by atoms with van der Waals surface area (Å²) in [5, 5.41) is 9.13. The van der Waals surface area contributed by atoms with Gasteiger partial charge < -0.3 is 8.98 Å². The molecule has 6 heteroatoms. The monoisotopic (exact) mass is 665 g/mol. The highest BCUT2D eigenvalue weighted by Crippen LogP contribution is 2.36. The zero-order valence-corrected chi connectivity index (χ0v) is 27.7. The second-order valence-electron chi connectivity index (χ2n) is 13.1. The van der Waals surface area contributed by atoms with Crippen LogP contribution in [0.4, 0.5) is 0 Å². The van der Waals surface area contributed by atoms with Gasteiger partial charge in [0, 0.05) is 56.3 Å². The molecule has 0 fully saturated rings. The summed E-state index contributed by atoms with van der Waals surface area (Å²) < 4.78 is 8.56. The zero-order valence-electron chi connectivity index (χ0n) is 27.7. The number of aromatic nitrogens is 5. The fraction of sp³-hybridized carbons (Fsp3) is 0. The van der Waals surface area contributed by atoms with Gasteiger partial charge in [-0.15, -0.1) is 0 Å². The predicted molar refractivity (Wildman–Crippen MR) is 211 cm³/mol. The Bertz CT molecular complexity index is 3160. The number of rotatable bonds is 4. The summed E-state index contributed by atoms with van der Waals surface area (Å²) in [6, 6.07) is 52.9. The summed E-state index contributed by atoms with van der Waals surface area (Å²) in [4.78, 5) is 19.7. The molecule has 6 nitrogen and oxygen atoms in total. The van der Waals surface area contributed by atoms with Gasteiger partial charge in [-0.1, -0.05) is 103 Å². The Labute approximate surface area is 297 Å². The number of hydrogen-bond donors (Lipinski definition) is 0. The van der Waals surface area contributed by atoms with Crippen molar-refractivity contribution in [1.29, 1.82) is 0 Å². The third-order valence-electron chi connectivity index (χ3n) is 10.1. The summed E-state index contributed by atoms with van der Waals surface area (Å²) in [7, 11) is 0. The minimum absolute atomic E-state index is 0.570. The topological polar surface area (TPSA) is 69.6 Å². The number of para-hydroxylation sites is 2. The van der Waals surface area contributed by atoms with Crippen LogP contribution in [-0.2, 0) is 0 Å². The normalized spacial score (nSPS) is 11.8. The van der Waals surface area contributed by atoms with E-state index in [2.05, 4.69) is 149 Å². The third-order valence-corrected chi connectivity index (χ3v) is 10.1. The van der Waals surface area contributed by atoms with E-state index in [1.165, 1.54) is 26.9 Å². The first-order valence-electron chi connectivity index (χ1n) is 17.3. The Kier molecular flexibility index (Phi) is 6.15. The first-order chi connectivity index (χ1) is 25.7. The van der Waals surface area contributed by atoms with Gasteiger partial charge in [0.1, 0.15) is 11.2 Å². The van der Waals surface area contributed by atoms with Crippen LogP contribution in [0, 0.1) is 0 Å². The molecular weight excluding hydrogens is 639 g/mol. The fourth-order valence-corrected chi connectivity index (χ4v) is 7.65. The Morgan fingerprint density at radius 3 is 1.79 bits per heavy atom. The summed E-state index contributed by atoms with van der Waals surface area (Å²) in [6.07, 6.45) is 3.59. The van der Waals surface area contributed by atoms with Gasteiger partial charge >= 0.3 is 0 Å². The molecule has 0 amide bonds. The highest BCUT2D eigenvalue weighted by Gasteiger charge is 2.17. The first-order valence-corrected chi connectivity index (χ1v) is 17.3. The van der Waals surface area contributed by atoms with Crippen LogP contribution in [0.5, 0.6) is 0 Å². The molecule has 0 aliphatic rings. The van der Waals surface area contributed by atoms with Crippen LogP contribution in [0.25, 0.3) is 105 Å². The van der Waals surface area contributed by atoms with Gasteiger partial charge in [0.15, 0.2) is 17.5 Å². The molecule has 0 aliphatic heterocycles. The molecule has 0 saturated heterocycles. The van der Waals surface area contributed by atoms with Crippen LogP contribution in [0.3, 0.4) is 0 Å². The molecule has 0 atom stereocenters. The van der Waals surface area contributed by atoms with Crippen molar-refractivity contribution >= 4 is 65.3 Å². The summed E-state index contributed by atoms with van der Waals surface area (Å²) in [5.74, 6) is 1.77.